The number of benzene rings is 1. The third-order valence-electron chi connectivity index (χ3n) is 4.59. The highest BCUT2D eigenvalue weighted by atomic mass is 35.5. The number of H-pyrrole nitrogens is 1. The van der Waals surface area contributed by atoms with Gasteiger partial charge in [-0.25, -0.2) is 9.78 Å². The zero-order valence-corrected chi connectivity index (χ0v) is 15.9. The number of hydrogen-bond donors (Lipinski definition) is 2. The first-order valence-electron chi connectivity index (χ1n) is 8.65. The molecule has 0 saturated carbocycles. The summed E-state index contributed by atoms with van der Waals surface area (Å²) < 4.78 is 45.4. The Labute approximate surface area is 174 Å². The van der Waals surface area contributed by atoms with Crippen LogP contribution in [-0.2, 0) is 6.18 Å². The molecule has 1 aromatic carbocycles. The van der Waals surface area contributed by atoms with E-state index in [1.165, 1.54) is 12.3 Å². The Hall–Kier alpha value is -3.86. The molecule has 0 aliphatic rings. The van der Waals surface area contributed by atoms with Crippen molar-refractivity contribution >= 4 is 34.1 Å². The molecule has 4 aromatic heterocycles. The van der Waals surface area contributed by atoms with Crippen LogP contribution in [0.5, 0.6) is 0 Å². The number of halogens is 4. The molecule has 0 amide bonds. The minimum Gasteiger partial charge on any atom is -0.477 e. The fourth-order valence-electron chi connectivity index (χ4n) is 3.15. The van der Waals surface area contributed by atoms with E-state index >= 15 is 0 Å². The van der Waals surface area contributed by atoms with Crippen LogP contribution in [0.15, 0.2) is 47.2 Å². The molecule has 31 heavy (non-hydrogen) atoms. The Bertz CT molecular complexity index is 1480. The number of carboxylic acids is 1. The van der Waals surface area contributed by atoms with Crippen LogP contribution in [0, 0.1) is 0 Å². The molecule has 0 unspecified atom stereocenters. The van der Waals surface area contributed by atoms with Crippen molar-refractivity contribution in [3.05, 3.63) is 59.0 Å². The van der Waals surface area contributed by atoms with E-state index in [0.717, 1.165) is 16.7 Å². The predicted octanol–water partition coefficient (Wildman–Crippen LogP) is 4.90. The third kappa shape index (κ3) is 3.28. The number of nitrogens with zero attached hydrogens (tertiary/aromatic N) is 4. The second-order valence-corrected chi connectivity index (χ2v) is 7.05. The monoisotopic (exact) mass is 447 g/mol. The van der Waals surface area contributed by atoms with E-state index in [1.807, 2.05) is 0 Å². The number of aromatic carboxylic acids is 1. The first-order valence-corrected chi connectivity index (χ1v) is 9.03. The van der Waals surface area contributed by atoms with Crippen molar-refractivity contribution in [3.63, 3.8) is 0 Å². The fourth-order valence-corrected chi connectivity index (χ4v) is 3.40. The number of aromatic nitrogens is 5. The summed E-state index contributed by atoms with van der Waals surface area (Å²) in [7, 11) is 0. The number of hydrogen-bond acceptors (Lipinski definition) is 5. The van der Waals surface area contributed by atoms with Crippen molar-refractivity contribution in [2.45, 2.75) is 6.18 Å². The summed E-state index contributed by atoms with van der Waals surface area (Å²) in [5, 5.41) is 13.4. The van der Waals surface area contributed by atoms with Crippen LogP contribution in [0.3, 0.4) is 0 Å². The molecular formula is C19H9ClF3N5O3. The largest absolute Gasteiger partial charge is 0.477 e. The minimum atomic E-state index is -4.56. The van der Waals surface area contributed by atoms with Crippen LogP contribution in [-0.4, -0.2) is 35.6 Å². The summed E-state index contributed by atoms with van der Waals surface area (Å²) in [4.78, 5) is 22.3. The van der Waals surface area contributed by atoms with Crippen LogP contribution in [0.4, 0.5) is 13.2 Å². The Kier molecular flexibility index (Phi) is 4.05. The van der Waals surface area contributed by atoms with Gasteiger partial charge in [0.05, 0.1) is 10.6 Å². The molecule has 5 aromatic rings. The second-order valence-electron chi connectivity index (χ2n) is 6.64. The SMILES string of the molecule is O=C(O)c1cc2cc(-c3noc(-c4cn5cc(C(F)(F)F)cc(Cl)c5n4)n3)ccc2[nH]1. The summed E-state index contributed by atoms with van der Waals surface area (Å²) in [6, 6.07) is 7.31. The van der Waals surface area contributed by atoms with E-state index in [9.17, 15) is 18.0 Å². The summed E-state index contributed by atoms with van der Waals surface area (Å²) in [5.74, 6) is -0.892. The molecule has 12 heteroatoms. The van der Waals surface area contributed by atoms with Crippen molar-refractivity contribution in [2.75, 3.05) is 0 Å². The molecule has 0 bridgehead atoms. The standard InChI is InChI=1S/C19H9ClF3N5O3/c20-11-5-10(19(21,22)23)6-28-7-14(25-16(11)28)17-26-15(27-31-17)8-1-2-12-9(3-8)4-13(24-12)18(29)30/h1-7,24H,(H,29,30). The quantitative estimate of drug-likeness (QED) is 0.407. The van der Waals surface area contributed by atoms with Crippen molar-refractivity contribution in [1.82, 2.24) is 24.5 Å². The first-order chi connectivity index (χ1) is 14.7. The van der Waals surface area contributed by atoms with Gasteiger partial charge >= 0.3 is 12.1 Å². The zero-order valence-electron chi connectivity index (χ0n) is 15.1. The maximum atomic E-state index is 13.0. The molecule has 0 aliphatic carbocycles. The number of pyridine rings is 1. The van der Waals surface area contributed by atoms with Gasteiger partial charge in [0.15, 0.2) is 5.65 Å². The number of fused-ring (bicyclic) bond motifs is 2. The van der Waals surface area contributed by atoms with Crippen LogP contribution >= 0.6 is 11.6 Å². The van der Waals surface area contributed by atoms with Crippen LogP contribution in [0.2, 0.25) is 5.02 Å². The molecular weight excluding hydrogens is 439 g/mol. The van der Waals surface area contributed by atoms with Crippen LogP contribution in [0.1, 0.15) is 16.1 Å². The van der Waals surface area contributed by atoms with Gasteiger partial charge in [-0.15, -0.1) is 0 Å². The molecule has 4 heterocycles. The van der Waals surface area contributed by atoms with E-state index in [0.29, 0.717) is 16.5 Å². The van der Waals surface area contributed by atoms with Crippen molar-refractivity contribution in [2.24, 2.45) is 0 Å². The lowest BCUT2D eigenvalue weighted by Gasteiger charge is -2.07. The number of carbonyl (C=O) groups is 1. The number of aromatic amines is 1. The predicted molar refractivity (Wildman–Crippen MR) is 103 cm³/mol. The molecule has 5 rings (SSSR count). The summed E-state index contributed by atoms with van der Waals surface area (Å²) in [6.45, 7) is 0. The molecule has 0 radical (unpaired) electrons. The highest BCUT2D eigenvalue weighted by Gasteiger charge is 2.32. The Morgan fingerprint density at radius 1 is 1.16 bits per heavy atom. The smallest absolute Gasteiger partial charge is 0.417 e. The lowest BCUT2D eigenvalue weighted by Crippen LogP contribution is -2.06. The van der Waals surface area contributed by atoms with Gasteiger partial charge < -0.3 is 19.0 Å². The topological polar surface area (TPSA) is 109 Å². The Balaban J connectivity index is 1.53. The Morgan fingerprint density at radius 2 is 1.97 bits per heavy atom. The molecule has 0 fully saturated rings. The van der Waals surface area contributed by atoms with Gasteiger partial charge in [-0.2, -0.15) is 18.2 Å². The minimum absolute atomic E-state index is 0.0104. The van der Waals surface area contributed by atoms with Gasteiger partial charge in [0.25, 0.3) is 5.89 Å². The summed E-state index contributed by atoms with van der Waals surface area (Å²) >= 11 is 5.96. The lowest BCUT2D eigenvalue weighted by atomic mass is 10.1. The van der Waals surface area contributed by atoms with Crippen molar-refractivity contribution < 1.29 is 27.6 Å². The van der Waals surface area contributed by atoms with Crippen molar-refractivity contribution in [3.8, 4) is 23.0 Å². The molecule has 0 atom stereocenters. The zero-order chi connectivity index (χ0) is 21.9. The summed E-state index contributed by atoms with van der Waals surface area (Å²) in [6.07, 6.45) is -2.38. The average Bonchev–Trinajstić information content (AvgIpc) is 3.43. The van der Waals surface area contributed by atoms with Crippen molar-refractivity contribution in [1.29, 1.82) is 0 Å². The molecule has 8 nitrogen and oxygen atoms in total. The van der Waals surface area contributed by atoms with Crippen LogP contribution < -0.4 is 0 Å². The van der Waals surface area contributed by atoms with E-state index in [4.69, 9.17) is 21.2 Å². The number of nitrogens with one attached hydrogen (secondary N) is 1. The maximum Gasteiger partial charge on any atom is 0.417 e. The number of imidazole rings is 1. The van der Waals surface area contributed by atoms with E-state index in [1.54, 1.807) is 18.2 Å². The van der Waals surface area contributed by atoms with E-state index in [2.05, 4.69) is 20.1 Å². The number of alkyl halides is 3. The average molecular weight is 448 g/mol. The molecule has 0 saturated heterocycles. The number of carboxylic acid groups (broad SMARTS) is 1. The molecule has 2 N–H and O–H groups in total. The van der Waals surface area contributed by atoms with E-state index < -0.39 is 17.7 Å². The van der Waals surface area contributed by atoms with Gasteiger partial charge in [0.2, 0.25) is 5.82 Å². The highest BCUT2D eigenvalue weighted by molar-refractivity contribution is 6.33. The first kappa shape index (κ1) is 19.1. The van der Waals surface area contributed by atoms with Gasteiger partial charge in [0, 0.05) is 28.9 Å². The van der Waals surface area contributed by atoms with Gasteiger partial charge in [0.1, 0.15) is 11.4 Å². The third-order valence-corrected chi connectivity index (χ3v) is 4.87. The van der Waals surface area contributed by atoms with Gasteiger partial charge in [-0.3, -0.25) is 0 Å². The summed E-state index contributed by atoms with van der Waals surface area (Å²) in [5.41, 5.74) is 0.566. The molecule has 0 aliphatic heterocycles. The molecule has 0 spiro atoms. The highest BCUT2D eigenvalue weighted by Crippen LogP contribution is 2.33. The Morgan fingerprint density at radius 3 is 2.71 bits per heavy atom. The van der Waals surface area contributed by atoms with Gasteiger partial charge in [-0.05, 0) is 30.3 Å². The number of rotatable bonds is 3. The maximum absolute atomic E-state index is 13.0. The normalized spacial score (nSPS) is 12.1. The van der Waals surface area contributed by atoms with Gasteiger partial charge in [-0.1, -0.05) is 16.8 Å². The second kappa shape index (κ2) is 6.57. The van der Waals surface area contributed by atoms with E-state index in [-0.39, 0.29) is 33.8 Å². The van der Waals surface area contributed by atoms with Crippen LogP contribution in [0.25, 0.3) is 39.5 Å². The lowest BCUT2D eigenvalue weighted by molar-refractivity contribution is -0.137. The molecule has 156 valence electrons. The fraction of sp³-hybridized carbons (Fsp3) is 0.0526.